The fraction of sp³-hybridized carbons (Fsp3) is 0.350. The molecule has 3 rings (SSSR count). The van der Waals surface area contributed by atoms with Crippen molar-refractivity contribution in [2.24, 2.45) is 0 Å². The van der Waals surface area contributed by atoms with E-state index in [-0.39, 0.29) is 16.5 Å². The normalized spacial score (nSPS) is 16.7. The second-order valence-corrected chi connectivity index (χ2v) is 9.33. The SMILES string of the molecule is Cc1ccc(S(=O)(=O)N2CC[NH+]([C@@H](C)C(=O)Nc3cccc([N+](=O)[O-])c3)CC2)cc1. The number of benzene rings is 2. The molecule has 0 aromatic heterocycles. The van der Waals surface area contributed by atoms with Crippen LogP contribution in [-0.4, -0.2) is 55.8 Å². The van der Waals surface area contributed by atoms with Gasteiger partial charge in [0, 0.05) is 17.8 Å². The van der Waals surface area contributed by atoms with E-state index in [2.05, 4.69) is 5.32 Å². The molecular formula is C20H25N4O5S+. The largest absolute Gasteiger partial charge is 0.323 e. The zero-order chi connectivity index (χ0) is 21.9. The van der Waals surface area contributed by atoms with Crippen LogP contribution in [0.15, 0.2) is 53.4 Å². The van der Waals surface area contributed by atoms with E-state index < -0.39 is 21.0 Å². The number of nitro benzene ring substituents is 1. The highest BCUT2D eigenvalue weighted by molar-refractivity contribution is 7.89. The minimum Gasteiger partial charge on any atom is -0.323 e. The topological polar surface area (TPSA) is 114 Å². The third-order valence-electron chi connectivity index (χ3n) is 5.35. The van der Waals surface area contributed by atoms with Crippen LogP contribution in [0.4, 0.5) is 11.4 Å². The van der Waals surface area contributed by atoms with Gasteiger partial charge in [-0.2, -0.15) is 4.31 Å². The second-order valence-electron chi connectivity index (χ2n) is 7.39. The van der Waals surface area contributed by atoms with Crippen LogP contribution in [-0.2, 0) is 14.8 Å². The van der Waals surface area contributed by atoms with E-state index in [1.54, 1.807) is 37.3 Å². The molecule has 9 nitrogen and oxygen atoms in total. The second kappa shape index (κ2) is 8.90. The predicted molar refractivity (Wildman–Crippen MR) is 112 cm³/mol. The van der Waals surface area contributed by atoms with Gasteiger partial charge < -0.3 is 10.2 Å². The predicted octanol–water partition coefficient (Wildman–Crippen LogP) is 0.820. The minimum absolute atomic E-state index is 0.0947. The van der Waals surface area contributed by atoms with Crippen molar-refractivity contribution >= 4 is 27.3 Å². The van der Waals surface area contributed by atoms with Crippen molar-refractivity contribution in [3.8, 4) is 0 Å². The van der Waals surface area contributed by atoms with E-state index in [4.69, 9.17) is 0 Å². The average molecular weight is 434 g/mol. The molecule has 1 aliphatic rings. The summed E-state index contributed by atoms with van der Waals surface area (Å²) in [4.78, 5) is 24.2. The Morgan fingerprint density at radius 3 is 2.40 bits per heavy atom. The van der Waals surface area contributed by atoms with Crippen molar-refractivity contribution < 1.29 is 23.0 Å². The molecule has 1 aliphatic heterocycles. The first-order valence-corrected chi connectivity index (χ1v) is 11.1. The van der Waals surface area contributed by atoms with E-state index in [0.717, 1.165) is 10.5 Å². The van der Waals surface area contributed by atoms with E-state index >= 15 is 0 Å². The first-order chi connectivity index (χ1) is 14.2. The van der Waals surface area contributed by atoms with Gasteiger partial charge in [0.1, 0.15) is 0 Å². The van der Waals surface area contributed by atoms with E-state index in [1.165, 1.54) is 22.5 Å². The quantitative estimate of drug-likeness (QED) is 0.517. The third-order valence-corrected chi connectivity index (χ3v) is 7.27. The van der Waals surface area contributed by atoms with Crippen LogP contribution in [0.2, 0.25) is 0 Å². The van der Waals surface area contributed by atoms with Gasteiger partial charge in [-0.05, 0) is 32.0 Å². The molecule has 1 heterocycles. The van der Waals surface area contributed by atoms with E-state index in [1.807, 2.05) is 6.92 Å². The van der Waals surface area contributed by atoms with Crippen molar-refractivity contribution in [2.45, 2.75) is 24.8 Å². The number of quaternary nitrogens is 1. The maximum atomic E-state index is 12.8. The maximum Gasteiger partial charge on any atom is 0.282 e. The molecule has 0 unspecified atom stereocenters. The highest BCUT2D eigenvalue weighted by Gasteiger charge is 2.34. The number of hydrogen-bond acceptors (Lipinski definition) is 5. The molecule has 2 aromatic rings. The number of piperazine rings is 1. The number of carbonyl (C=O) groups excluding carboxylic acids is 1. The molecule has 0 aliphatic carbocycles. The van der Waals surface area contributed by atoms with E-state index in [0.29, 0.717) is 31.9 Å². The number of non-ortho nitro benzene ring substituents is 1. The van der Waals surface area contributed by atoms with Gasteiger partial charge >= 0.3 is 0 Å². The van der Waals surface area contributed by atoms with Crippen LogP contribution >= 0.6 is 0 Å². The number of nitrogens with one attached hydrogen (secondary N) is 2. The van der Waals surface area contributed by atoms with E-state index in [9.17, 15) is 23.3 Å². The van der Waals surface area contributed by atoms with Gasteiger partial charge in [0.15, 0.2) is 6.04 Å². The van der Waals surface area contributed by atoms with Crippen molar-refractivity contribution in [2.75, 3.05) is 31.5 Å². The number of sulfonamides is 1. The van der Waals surface area contributed by atoms with Crippen LogP contribution in [0, 0.1) is 17.0 Å². The van der Waals surface area contributed by atoms with Crippen molar-refractivity contribution in [1.82, 2.24) is 4.31 Å². The molecule has 0 bridgehead atoms. The fourth-order valence-corrected chi connectivity index (χ4v) is 4.88. The maximum absolute atomic E-state index is 12.8. The summed E-state index contributed by atoms with van der Waals surface area (Å²) in [6.07, 6.45) is 0. The van der Waals surface area contributed by atoms with Crippen LogP contribution < -0.4 is 10.2 Å². The molecule has 10 heteroatoms. The molecule has 0 saturated carbocycles. The molecule has 1 fully saturated rings. The molecule has 2 N–H and O–H groups in total. The summed E-state index contributed by atoms with van der Waals surface area (Å²) in [5.74, 6) is -0.264. The summed E-state index contributed by atoms with van der Waals surface area (Å²) in [5, 5.41) is 13.6. The fourth-order valence-electron chi connectivity index (χ4n) is 3.44. The minimum atomic E-state index is -3.55. The molecule has 1 atom stereocenters. The van der Waals surface area contributed by atoms with Crippen molar-refractivity contribution in [3.63, 3.8) is 0 Å². The lowest BCUT2D eigenvalue weighted by atomic mass is 10.2. The van der Waals surface area contributed by atoms with Gasteiger partial charge in [0.05, 0.1) is 36.0 Å². The van der Waals surface area contributed by atoms with Crippen molar-refractivity contribution in [1.29, 1.82) is 0 Å². The Labute approximate surface area is 175 Å². The Kier molecular flexibility index (Phi) is 6.49. The lowest BCUT2D eigenvalue weighted by molar-refractivity contribution is -0.917. The first kappa shape index (κ1) is 21.9. The third kappa shape index (κ3) is 4.84. The van der Waals surface area contributed by atoms with Gasteiger partial charge in [-0.3, -0.25) is 14.9 Å². The Hall–Kier alpha value is -2.82. The highest BCUT2D eigenvalue weighted by atomic mass is 32.2. The van der Waals surface area contributed by atoms with Gasteiger partial charge in [0.25, 0.3) is 11.6 Å². The van der Waals surface area contributed by atoms with Crippen LogP contribution in [0.3, 0.4) is 0 Å². The summed E-state index contributed by atoms with van der Waals surface area (Å²) < 4.78 is 27.1. The standard InChI is InChI=1S/C20H24N4O5S/c1-15-6-8-19(9-7-15)30(28,29)23-12-10-22(11-13-23)16(2)20(25)21-17-4-3-5-18(14-17)24(26)27/h3-9,14,16H,10-13H2,1-2H3,(H,21,25)/p+1/t16-/m0/s1. The molecule has 30 heavy (non-hydrogen) atoms. The Morgan fingerprint density at radius 1 is 1.17 bits per heavy atom. The lowest BCUT2D eigenvalue weighted by Crippen LogP contribution is -3.19. The van der Waals surface area contributed by atoms with Gasteiger partial charge in [-0.1, -0.05) is 23.8 Å². The summed E-state index contributed by atoms with van der Waals surface area (Å²) in [6.45, 7) is 5.30. The number of carbonyl (C=O) groups is 1. The molecule has 0 radical (unpaired) electrons. The monoisotopic (exact) mass is 433 g/mol. The smallest absolute Gasteiger partial charge is 0.282 e. The van der Waals surface area contributed by atoms with Crippen LogP contribution in [0.5, 0.6) is 0 Å². The van der Waals surface area contributed by atoms with Crippen LogP contribution in [0.1, 0.15) is 12.5 Å². The molecule has 2 aromatic carbocycles. The number of anilines is 1. The Balaban J connectivity index is 1.60. The number of nitrogens with zero attached hydrogens (tertiary/aromatic N) is 2. The summed E-state index contributed by atoms with van der Waals surface area (Å²) in [7, 11) is -3.55. The number of hydrogen-bond donors (Lipinski definition) is 2. The highest BCUT2D eigenvalue weighted by Crippen LogP contribution is 2.18. The van der Waals surface area contributed by atoms with Crippen LogP contribution in [0.25, 0.3) is 0 Å². The number of amides is 1. The number of aryl methyl sites for hydroxylation is 1. The van der Waals surface area contributed by atoms with Gasteiger partial charge in [0.2, 0.25) is 10.0 Å². The Morgan fingerprint density at radius 2 is 1.80 bits per heavy atom. The summed E-state index contributed by atoms with van der Waals surface area (Å²) in [5.41, 5.74) is 1.26. The molecule has 1 amide bonds. The summed E-state index contributed by atoms with van der Waals surface area (Å²) >= 11 is 0. The zero-order valence-electron chi connectivity index (χ0n) is 16.9. The number of nitro groups is 1. The average Bonchev–Trinajstić information content (AvgIpc) is 2.73. The first-order valence-electron chi connectivity index (χ1n) is 9.65. The zero-order valence-corrected chi connectivity index (χ0v) is 17.7. The Bertz CT molecular complexity index is 1030. The number of rotatable bonds is 6. The molecule has 1 saturated heterocycles. The van der Waals surface area contributed by atoms with Crippen molar-refractivity contribution in [3.05, 3.63) is 64.2 Å². The molecule has 0 spiro atoms. The lowest BCUT2D eigenvalue weighted by Gasteiger charge is -2.34. The van der Waals surface area contributed by atoms with Gasteiger partial charge in [-0.15, -0.1) is 0 Å². The molecular weight excluding hydrogens is 408 g/mol. The molecule has 160 valence electrons. The summed E-state index contributed by atoms with van der Waals surface area (Å²) in [6, 6.07) is 12.1. The van der Waals surface area contributed by atoms with Gasteiger partial charge in [-0.25, -0.2) is 8.42 Å².